The van der Waals surface area contributed by atoms with E-state index in [0.717, 1.165) is 96.7 Å². The summed E-state index contributed by atoms with van der Waals surface area (Å²) in [6, 6.07) is 0. The first-order valence-electron chi connectivity index (χ1n) is 30.2. The van der Waals surface area contributed by atoms with E-state index < -0.39 is 0 Å². The van der Waals surface area contributed by atoms with Crippen molar-refractivity contribution < 1.29 is 23.9 Å². The maximum absolute atomic E-state index is 14.5. The minimum atomic E-state index is -0.00699. The highest BCUT2D eigenvalue weighted by molar-refractivity contribution is 5.78. The van der Waals surface area contributed by atoms with E-state index >= 15 is 0 Å². The largest absolute Gasteiger partial charge is 0.465 e. The number of amides is 1. The molecule has 0 aromatic rings. The van der Waals surface area contributed by atoms with Crippen LogP contribution in [0.4, 0.5) is 0 Å². The van der Waals surface area contributed by atoms with E-state index in [0.29, 0.717) is 43.8 Å². The fourth-order valence-corrected chi connectivity index (χ4v) is 10.4. The van der Waals surface area contributed by atoms with Crippen LogP contribution in [0.25, 0.3) is 0 Å². The van der Waals surface area contributed by atoms with Crippen LogP contribution in [0.1, 0.15) is 312 Å². The second-order valence-corrected chi connectivity index (χ2v) is 21.4. The van der Waals surface area contributed by atoms with Crippen molar-refractivity contribution in [1.82, 2.24) is 9.80 Å². The Morgan fingerprint density at radius 1 is 0.412 bits per heavy atom. The van der Waals surface area contributed by atoms with Crippen molar-refractivity contribution in [3.05, 3.63) is 0 Å². The van der Waals surface area contributed by atoms with Crippen LogP contribution in [0.2, 0.25) is 0 Å². The molecule has 0 aliphatic carbocycles. The van der Waals surface area contributed by atoms with Crippen LogP contribution < -0.4 is 0 Å². The van der Waals surface area contributed by atoms with Gasteiger partial charge in [0.2, 0.25) is 5.91 Å². The van der Waals surface area contributed by atoms with Gasteiger partial charge in [-0.25, -0.2) is 0 Å². The summed E-state index contributed by atoms with van der Waals surface area (Å²) < 4.78 is 11.6. The fourth-order valence-electron chi connectivity index (χ4n) is 10.4. The van der Waals surface area contributed by atoms with Crippen molar-refractivity contribution in [3.63, 3.8) is 0 Å². The van der Waals surface area contributed by atoms with E-state index in [1.165, 1.54) is 193 Å². The van der Waals surface area contributed by atoms with Gasteiger partial charge >= 0.3 is 11.9 Å². The monoisotopic (exact) mass is 961 g/mol. The highest BCUT2D eigenvalue weighted by Gasteiger charge is 2.24. The van der Waals surface area contributed by atoms with E-state index in [-0.39, 0.29) is 25.3 Å². The van der Waals surface area contributed by atoms with Crippen molar-refractivity contribution in [2.75, 3.05) is 45.9 Å². The third kappa shape index (κ3) is 40.0. The van der Waals surface area contributed by atoms with Gasteiger partial charge in [-0.15, -0.1) is 0 Å². The lowest BCUT2D eigenvalue weighted by atomic mass is 9.92. The lowest BCUT2D eigenvalue weighted by Gasteiger charge is -2.29. The molecule has 0 aromatic carbocycles. The maximum Gasteiger partial charge on any atom is 0.305 e. The first-order chi connectivity index (χ1) is 32.9. The quantitative estimate of drug-likeness (QED) is 0.0447. The number of hydrogen-bond donors (Lipinski definition) is 0. The number of carbonyl (C=O) groups excluding carboxylic acids is 3. The van der Waals surface area contributed by atoms with Gasteiger partial charge in [0, 0.05) is 31.8 Å². The second-order valence-electron chi connectivity index (χ2n) is 21.4. The zero-order chi connectivity index (χ0) is 48.7. The van der Waals surface area contributed by atoms with Gasteiger partial charge in [0.1, 0.15) is 0 Å². The summed E-state index contributed by atoms with van der Waals surface area (Å²) in [6.45, 7) is 17.9. The predicted molar refractivity (Wildman–Crippen MR) is 294 cm³/mol. The van der Waals surface area contributed by atoms with Gasteiger partial charge in [-0.2, -0.15) is 0 Å². The Hall–Kier alpha value is -1.63. The molecule has 2 unspecified atom stereocenters. The zero-order valence-corrected chi connectivity index (χ0v) is 45.8. The molecule has 0 aromatic heterocycles. The van der Waals surface area contributed by atoms with Gasteiger partial charge < -0.3 is 19.3 Å². The molecule has 2 atom stereocenters. The molecule has 1 saturated heterocycles. The molecule has 1 heterocycles. The number of hydrogen-bond acceptors (Lipinski definition) is 6. The van der Waals surface area contributed by atoms with Crippen LogP contribution in [0.3, 0.4) is 0 Å². The highest BCUT2D eigenvalue weighted by atomic mass is 16.5. The summed E-state index contributed by atoms with van der Waals surface area (Å²) in [5.41, 5.74) is 0. The van der Waals surface area contributed by atoms with Crippen LogP contribution >= 0.6 is 0 Å². The van der Waals surface area contributed by atoms with Crippen molar-refractivity contribution in [2.24, 2.45) is 17.8 Å². The molecule has 0 bridgehead atoms. The second kappa shape index (κ2) is 50.3. The fraction of sp³-hybridized carbons (Fsp3) is 0.951. The number of ether oxygens (including phenoxy) is 2. The molecule has 1 aliphatic heterocycles. The van der Waals surface area contributed by atoms with Crippen LogP contribution in [-0.2, 0) is 23.9 Å². The molecule has 0 spiro atoms. The molecule has 7 nitrogen and oxygen atoms in total. The lowest BCUT2D eigenvalue weighted by Crippen LogP contribution is -2.39. The molecular formula is C61H120N2O5. The van der Waals surface area contributed by atoms with Crippen molar-refractivity contribution in [2.45, 2.75) is 312 Å². The van der Waals surface area contributed by atoms with E-state index in [9.17, 15) is 14.4 Å². The average molecular weight is 962 g/mol. The molecule has 1 fully saturated rings. The van der Waals surface area contributed by atoms with Crippen LogP contribution in [0.5, 0.6) is 0 Å². The van der Waals surface area contributed by atoms with E-state index in [1.807, 2.05) is 0 Å². The third-order valence-electron chi connectivity index (χ3n) is 15.0. The number of esters is 2. The molecule has 404 valence electrons. The SMILES string of the molecule is C.CCCCCCCCCN(CCCN1CCCC1)C(=O)C(CCCCCCCCC(=O)OCC(CCCC)CCCCCC)CCCCCCCCC(=O)OCC(CCCC)CCCCCC. The molecule has 7 heteroatoms. The summed E-state index contributed by atoms with van der Waals surface area (Å²) in [7, 11) is 0. The number of likely N-dealkylation sites (tertiary alicyclic amines) is 1. The molecule has 0 saturated carbocycles. The first-order valence-corrected chi connectivity index (χ1v) is 30.2. The van der Waals surface area contributed by atoms with E-state index in [4.69, 9.17) is 9.47 Å². The molecule has 1 amide bonds. The van der Waals surface area contributed by atoms with Gasteiger partial charge in [-0.3, -0.25) is 14.4 Å². The topological polar surface area (TPSA) is 76.2 Å². The summed E-state index contributed by atoms with van der Waals surface area (Å²) >= 11 is 0. The molecular weight excluding hydrogens is 841 g/mol. The average Bonchev–Trinajstić information content (AvgIpc) is 3.86. The summed E-state index contributed by atoms with van der Waals surface area (Å²) in [4.78, 5) is 44.6. The van der Waals surface area contributed by atoms with Crippen molar-refractivity contribution in [3.8, 4) is 0 Å². The molecule has 0 N–H and O–H groups in total. The lowest BCUT2D eigenvalue weighted by molar-refractivity contribution is -0.146. The smallest absolute Gasteiger partial charge is 0.305 e. The maximum atomic E-state index is 14.5. The Morgan fingerprint density at radius 3 is 1.19 bits per heavy atom. The number of carbonyl (C=O) groups is 3. The van der Waals surface area contributed by atoms with Gasteiger partial charge in [0.25, 0.3) is 0 Å². The van der Waals surface area contributed by atoms with E-state index in [1.54, 1.807) is 0 Å². The molecule has 1 rings (SSSR count). The predicted octanol–water partition coefficient (Wildman–Crippen LogP) is 18.2. The third-order valence-corrected chi connectivity index (χ3v) is 15.0. The molecule has 68 heavy (non-hydrogen) atoms. The van der Waals surface area contributed by atoms with E-state index in [2.05, 4.69) is 44.4 Å². The summed E-state index contributed by atoms with van der Waals surface area (Å²) in [6.07, 6.45) is 48.8. The Kier molecular flexibility index (Phi) is 49.1. The van der Waals surface area contributed by atoms with Gasteiger partial charge in [0.05, 0.1) is 13.2 Å². The first kappa shape index (κ1) is 66.4. The Balaban J connectivity index is 0.0000449. The van der Waals surface area contributed by atoms with Crippen molar-refractivity contribution >= 4 is 17.8 Å². The normalized spacial score (nSPS) is 14.1. The summed E-state index contributed by atoms with van der Waals surface area (Å²) in [5, 5.41) is 0. The highest BCUT2D eigenvalue weighted by Crippen LogP contribution is 2.24. The van der Waals surface area contributed by atoms with Crippen LogP contribution in [0.15, 0.2) is 0 Å². The minimum Gasteiger partial charge on any atom is -0.465 e. The number of unbranched alkanes of at least 4 members (excludes halogenated alkanes) is 24. The number of rotatable bonds is 51. The van der Waals surface area contributed by atoms with Crippen LogP contribution in [0, 0.1) is 17.8 Å². The van der Waals surface area contributed by atoms with Gasteiger partial charge in [0.15, 0.2) is 0 Å². The van der Waals surface area contributed by atoms with Crippen molar-refractivity contribution in [1.29, 1.82) is 0 Å². The Labute approximate surface area is 425 Å². The molecule has 0 radical (unpaired) electrons. The minimum absolute atomic E-state index is 0. The Morgan fingerprint density at radius 2 is 0.750 bits per heavy atom. The van der Waals surface area contributed by atoms with Gasteiger partial charge in [-0.05, 0) is 109 Å². The Bertz CT molecular complexity index is 1040. The van der Waals surface area contributed by atoms with Gasteiger partial charge in [-0.1, -0.05) is 222 Å². The standard InChI is InChI=1S/C60H116N2O5.CH4/c1-6-11-16-19-24-29-36-51-62(52-39-50-61-48-37-38-49-61)60(65)57(44-32-25-20-22-27-34-46-58(63)66-53-55(40-14-9-4)42-30-17-12-7-2)45-33-26-21-23-28-35-47-59(64)67-54-56(41-15-10-5)43-31-18-13-8-3;/h55-57H,6-54H2,1-5H3;1H4. The summed E-state index contributed by atoms with van der Waals surface area (Å²) in [5.74, 6) is 1.59. The molecule has 1 aliphatic rings. The van der Waals surface area contributed by atoms with Crippen LogP contribution in [-0.4, -0.2) is 73.6 Å². The number of nitrogens with zero attached hydrogens (tertiary/aromatic N) is 2. The zero-order valence-electron chi connectivity index (χ0n) is 45.8.